The van der Waals surface area contributed by atoms with Crippen LogP contribution < -0.4 is 0 Å². The summed E-state index contributed by atoms with van der Waals surface area (Å²) >= 11 is 0. The Labute approximate surface area is 137 Å². The fourth-order valence-corrected chi connectivity index (χ4v) is 3.10. The highest BCUT2D eigenvalue weighted by molar-refractivity contribution is 6.17. The third kappa shape index (κ3) is 3.45. The normalized spacial score (nSPS) is 16.3. The van der Waals surface area contributed by atoms with Crippen LogP contribution in [0.2, 0.25) is 0 Å². The van der Waals surface area contributed by atoms with E-state index in [0.717, 1.165) is 37.2 Å². The lowest BCUT2D eigenvalue weighted by molar-refractivity contribution is -0.133. The molecule has 3 heteroatoms. The minimum Gasteiger partial charge on any atom is -0.465 e. The van der Waals surface area contributed by atoms with Gasteiger partial charge in [0.2, 0.25) is 0 Å². The molecule has 1 aliphatic heterocycles. The van der Waals surface area contributed by atoms with Gasteiger partial charge in [-0.15, -0.1) is 0 Å². The Morgan fingerprint density at radius 1 is 1.04 bits per heavy atom. The van der Waals surface area contributed by atoms with Crippen LogP contribution in [0.3, 0.4) is 0 Å². The minimum absolute atomic E-state index is 0.258. The van der Waals surface area contributed by atoms with Gasteiger partial charge in [0, 0.05) is 18.8 Å². The van der Waals surface area contributed by atoms with E-state index in [2.05, 4.69) is 17.0 Å². The molecule has 1 fully saturated rings. The van der Waals surface area contributed by atoms with Crippen molar-refractivity contribution in [3.63, 3.8) is 0 Å². The number of benzene rings is 2. The molecule has 2 aromatic rings. The molecule has 0 atom stereocenters. The molecular formula is C20H21NO2. The molecule has 1 heterocycles. The van der Waals surface area contributed by atoms with E-state index in [1.807, 2.05) is 48.5 Å². The molecule has 0 bridgehead atoms. The van der Waals surface area contributed by atoms with Crippen molar-refractivity contribution in [2.24, 2.45) is 0 Å². The van der Waals surface area contributed by atoms with Crippen molar-refractivity contribution < 1.29 is 9.53 Å². The van der Waals surface area contributed by atoms with Gasteiger partial charge in [0.1, 0.15) is 0 Å². The zero-order valence-corrected chi connectivity index (χ0v) is 13.4. The summed E-state index contributed by atoms with van der Waals surface area (Å²) < 4.78 is 5.05. The number of ether oxygens (including phenoxy) is 1. The highest BCUT2D eigenvalue weighted by Gasteiger charge is 2.26. The van der Waals surface area contributed by atoms with Gasteiger partial charge < -0.3 is 9.64 Å². The second-order valence-corrected chi connectivity index (χ2v) is 5.69. The Morgan fingerprint density at radius 2 is 1.70 bits per heavy atom. The lowest BCUT2D eigenvalue weighted by Gasteiger charge is -2.23. The summed E-state index contributed by atoms with van der Waals surface area (Å²) in [7, 11) is 1.45. The molecular weight excluding hydrogens is 286 g/mol. The highest BCUT2D eigenvalue weighted by Crippen LogP contribution is 2.31. The summed E-state index contributed by atoms with van der Waals surface area (Å²) in [5.74, 6) is -0.258. The van der Waals surface area contributed by atoms with E-state index in [1.54, 1.807) is 0 Å². The summed E-state index contributed by atoms with van der Waals surface area (Å²) in [5, 5.41) is 0. The Hall–Kier alpha value is -2.55. The van der Waals surface area contributed by atoms with E-state index in [9.17, 15) is 4.79 Å². The second-order valence-electron chi connectivity index (χ2n) is 5.69. The van der Waals surface area contributed by atoms with Crippen molar-refractivity contribution in [2.45, 2.75) is 19.4 Å². The maximum atomic E-state index is 12.4. The summed E-state index contributed by atoms with van der Waals surface area (Å²) in [6.45, 7) is 1.79. The van der Waals surface area contributed by atoms with Crippen molar-refractivity contribution in [3.8, 4) is 0 Å². The molecule has 0 amide bonds. The van der Waals surface area contributed by atoms with Gasteiger partial charge in [0.05, 0.1) is 12.7 Å². The van der Waals surface area contributed by atoms with Gasteiger partial charge in [0.15, 0.2) is 0 Å². The van der Waals surface area contributed by atoms with Gasteiger partial charge >= 0.3 is 5.97 Å². The maximum absolute atomic E-state index is 12.4. The predicted octanol–water partition coefficient (Wildman–Crippen LogP) is 3.87. The monoisotopic (exact) mass is 307 g/mol. The molecule has 118 valence electrons. The smallest absolute Gasteiger partial charge is 0.340 e. The van der Waals surface area contributed by atoms with E-state index >= 15 is 0 Å². The molecule has 2 aromatic carbocycles. The van der Waals surface area contributed by atoms with Gasteiger partial charge in [-0.25, -0.2) is 4.79 Å². The lowest BCUT2D eigenvalue weighted by Crippen LogP contribution is -2.20. The molecule has 3 rings (SSSR count). The molecule has 0 aromatic heterocycles. The van der Waals surface area contributed by atoms with Crippen molar-refractivity contribution in [1.29, 1.82) is 0 Å². The van der Waals surface area contributed by atoms with Crippen molar-refractivity contribution in [3.05, 3.63) is 77.5 Å². The number of allylic oxidation sites excluding steroid dienone is 1. The highest BCUT2D eigenvalue weighted by atomic mass is 16.5. The van der Waals surface area contributed by atoms with Crippen LogP contribution in [0, 0.1) is 0 Å². The van der Waals surface area contributed by atoms with Crippen LogP contribution in [0.25, 0.3) is 5.57 Å². The van der Waals surface area contributed by atoms with Gasteiger partial charge in [0.25, 0.3) is 0 Å². The predicted molar refractivity (Wildman–Crippen MR) is 91.5 cm³/mol. The summed E-state index contributed by atoms with van der Waals surface area (Å²) in [6, 6.07) is 20.2. The fraction of sp³-hybridized carbons (Fsp3) is 0.250. The van der Waals surface area contributed by atoms with E-state index < -0.39 is 0 Å². The summed E-state index contributed by atoms with van der Waals surface area (Å²) in [4.78, 5) is 14.7. The second kappa shape index (κ2) is 7.14. The lowest BCUT2D eigenvalue weighted by atomic mass is 10.0. The van der Waals surface area contributed by atoms with Crippen LogP contribution in [0.1, 0.15) is 24.0 Å². The van der Waals surface area contributed by atoms with Gasteiger partial charge in [-0.1, -0.05) is 60.7 Å². The molecule has 3 nitrogen and oxygen atoms in total. The Morgan fingerprint density at radius 3 is 2.35 bits per heavy atom. The number of likely N-dealkylation sites (tertiary alicyclic amines) is 1. The average molecular weight is 307 g/mol. The molecule has 0 unspecified atom stereocenters. The fourth-order valence-electron chi connectivity index (χ4n) is 3.10. The number of hydrogen-bond acceptors (Lipinski definition) is 3. The van der Waals surface area contributed by atoms with Crippen molar-refractivity contribution in [1.82, 2.24) is 4.90 Å². The van der Waals surface area contributed by atoms with E-state index in [0.29, 0.717) is 5.57 Å². The molecule has 0 aliphatic carbocycles. The third-order valence-electron chi connectivity index (χ3n) is 4.18. The zero-order valence-electron chi connectivity index (χ0n) is 13.4. The average Bonchev–Trinajstić information content (AvgIpc) is 3.04. The molecule has 0 radical (unpaired) electrons. The first-order valence-electron chi connectivity index (χ1n) is 7.95. The van der Waals surface area contributed by atoms with E-state index in [1.165, 1.54) is 12.7 Å². The number of nitrogens with zero attached hydrogens (tertiary/aromatic N) is 1. The number of methoxy groups -OCH3 is 1. The van der Waals surface area contributed by atoms with E-state index in [-0.39, 0.29) is 5.97 Å². The molecule has 1 saturated heterocycles. The van der Waals surface area contributed by atoms with Crippen LogP contribution in [0.5, 0.6) is 0 Å². The van der Waals surface area contributed by atoms with E-state index in [4.69, 9.17) is 4.74 Å². The molecule has 0 spiro atoms. The topological polar surface area (TPSA) is 29.5 Å². The molecule has 23 heavy (non-hydrogen) atoms. The first kappa shape index (κ1) is 15.3. The number of carbonyl (C=O) groups excluding carboxylic acids is 1. The zero-order chi connectivity index (χ0) is 16.1. The largest absolute Gasteiger partial charge is 0.465 e. The minimum atomic E-state index is -0.258. The number of rotatable bonds is 4. The number of hydrogen-bond donors (Lipinski definition) is 0. The summed E-state index contributed by atoms with van der Waals surface area (Å²) in [6.07, 6.45) is 1.97. The van der Waals surface area contributed by atoms with Crippen LogP contribution in [-0.4, -0.2) is 24.5 Å². The SMILES string of the molecule is COC(=O)C(=C1CCCN1Cc1ccccc1)c1ccccc1. The maximum Gasteiger partial charge on any atom is 0.340 e. The number of carbonyl (C=O) groups is 1. The first-order valence-corrected chi connectivity index (χ1v) is 7.95. The molecule has 0 N–H and O–H groups in total. The van der Waals surface area contributed by atoms with Gasteiger partial charge in [-0.3, -0.25) is 0 Å². The molecule has 0 saturated carbocycles. The van der Waals surface area contributed by atoms with Gasteiger partial charge in [-0.2, -0.15) is 0 Å². The van der Waals surface area contributed by atoms with Crippen LogP contribution in [-0.2, 0) is 16.1 Å². The Kier molecular flexibility index (Phi) is 4.77. The van der Waals surface area contributed by atoms with Gasteiger partial charge in [-0.05, 0) is 24.0 Å². The number of esters is 1. The van der Waals surface area contributed by atoms with Crippen LogP contribution in [0.15, 0.2) is 66.4 Å². The summed E-state index contributed by atoms with van der Waals surface area (Å²) in [5.41, 5.74) is 3.96. The third-order valence-corrected chi connectivity index (χ3v) is 4.18. The Bertz CT molecular complexity index is 692. The Balaban J connectivity index is 1.98. The first-order chi connectivity index (χ1) is 11.3. The molecule has 1 aliphatic rings. The van der Waals surface area contributed by atoms with Crippen LogP contribution in [0.4, 0.5) is 0 Å². The standard InChI is InChI=1S/C20H21NO2/c1-23-20(22)19(17-11-6-3-7-12-17)18-13-8-14-21(18)15-16-9-4-2-5-10-16/h2-7,9-12H,8,13-15H2,1H3. The van der Waals surface area contributed by atoms with Crippen molar-refractivity contribution in [2.75, 3.05) is 13.7 Å². The van der Waals surface area contributed by atoms with Crippen molar-refractivity contribution >= 4 is 11.5 Å². The quantitative estimate of drug-likeness (QED) is 0.634. The van der Waals surface area contributed by atoms with Crippen LogP contribution >= 0.6 is 0 Å².